The summed E-state index contributed by atoms with van der Waals surface area (Å²) in [6, 6.07) is 0. The van der Waals surface area contributed by atoms with Gasteiger partial charge in [-0.2, -0.15) is 4.98 Å². The van der Waals surface area contributed by atoms with Gasteiger partial charge in [-0.25, -0.2) is 0 Å². The van der Waals surface area contributed by atoms with Crippen LogP contribution >= 0.6 is 0 Å². The molecule has 0 aliphatic heterocycles. The predicted molar refractivity (Wildman–Crippen MR) is 62.3 cm³/mol. The Kier molecular flexibility index (Phi) is 5.04. The monoisotopic (exact) mass is 243 g/mol. The van der Waals surface area contributed by atoms with Crippen molar-refractivity contribution in [2.24, 2.45) is 0 Å². The number of nitrogens with zero attached hydrogens (tertiary/aromatic N) is 3. The molecular weight excluding hydrogens is 222 g/mol. The summed E-state index contributed by atoms with van der Waals surface area (Å²) in [5.41, 5.74) is -0.727. The lowest BCUT2D eigenvalue weighted by atomic mass is 10.1. The van der Waals surface area contributed by atoms with Crippen LogP contribution in [0.25, 0.3) is 0 Å². The van der Waals surface area contributed by atoms with Gasteiger partial charge in [0.2, 0.25) is 0 Å². The van der Waals surface area contributed by atoms with Crippen LogP contribution in [0, 0.1) is 0 Å². The van der Waals surface area contributed by atoms with E-state index < -0.39 is 5.60 Å². The first-order chi connectivity index (χ1) is 7.94. The first-order valence-electron chi connectivity index (χ1n) is 5.69. The third kappa shape index (κ3) is 5.25. The van der Waals surface area contributed by atoms with Crippen molar-refractivity contribution in [3.63, 3.8) is 0 Å². The summed E-state index contributed by atoms with van der Waals surface area (Å²) < 4.78 is 9.91. The molecule has 0 aliphatic carbocycles. The second-order valence-electron chi connectivity index (χ2n) is 4.65. The van der Waals surface area contributed by atoms with Crippen molar-refractivity contribution in [3.8, 4) is 0 Å². The second kappa shape index (κ2) is 6.09. The van der Waals surface area contributed by atoms with E-state index in [9.17, 15) is 5.11 Å². The Labute approximate surface area is 102 Å². The number of likely N-dealkylation sites (N-methyl/N-ethyl adjacent to an activating group) is 1. The molecular formula is C11H21N3O3. The molecule has 0 saturated heterocycles. The van der Waals surface area contributed by atoms with E-state index in [0.717, 1.165) is 6.54 Å². The number of rotatable bonds is 7. The van der Waals surface area contributed by atoms with Crippen LogP contribution in [-0.4, -0.2) is 45.9 Å². The van der Waals surface area contributed by atoms with E-state index in [4.69, 9.17) is 9.26 Å². The molecule has 1 aromatic heterocycles. The van der Waals surface area contributed by atoms with Crippen molar-refractivity contribution in [1.29, 1.82) is 0 Å². The molecule has 98 valence electrons. The predicted octanol–water partition coefficient (Wildman–Crippen LogP) is 0.809. The molecule has 1 rings (SSSR count). The number of hydrogen-bond acceptors (Lipinski definition) is 6. The minimum atomic E-state index is -0.727. The highest BCUT2D eigenvalue weighted by Gasteiger charge is 2.19. The number of aliphatic hydroxyl groups is 1. The summed E-state index contributed by atoms with van der Waals surface area (Å²) >= 11 is 0. The molecule has 0 aromatic carbocycles. The van der Waals surface area contributed by atoms with Gasteiger partial charge >= 0.3 is 0 Å². The molecule has 17 heavy (non-hydrogen) atoms. The Morgan fingerprint density at radius 1 is 1.47 bits per heavy atom. The molecule has 1 aromatic rings. The molecule has 6 nitrogen and oxygen atoms in total. The standard InChI is InChI=1S/C11H21N3O3/c1-5-14(8-11(2,3)15)6-9-12-10(7-16-4)17-13-9/h15H,5-8H2,1-4H3. The average Bonchev–Trinajstić information content (AvgIpc) is 2.63. The number of ether oxygens (including phenoxy) is 1. The van der Waals surface area contributed by atoms with Gasteiger partial charge in [0.1, 0.15) is 6.61 Å². The largest absolute Gasteiger partial charge is 0.389 e. The molecule has 0 aliphatic rings. The summed E-state index contributed by atoms with van der Waals surface area (Å²) in [6.45, 7) is 7.86. The normalized spacial score (nSPS) is 12.4. The van der Waals surface area contributed by atoms with Crippen molar-refractivity contribution in [1.82, 2.24) is 15.0 Å². The van der Waals surface area contributed by atoms with E-state index in [-0.39, 0.29) is 0 Å². The average molecular weight is 243 g/mol. The maximum Gasteiger partial charge on any atom is 0.252 e. The van der Waals surface area contributed by atoms with Crippen molar-refractivity contribution in [3.05, 3.63) is 11.7 Å². The Bertz CT molecular complexity index is 333. The molecule has 0 bridgehead atoms. The van der Waals surface area contributed by atoms with E-state index in [1.165, 1.54) is 0 Å². The highest BCUT2D eigenvalue weighted by Crippen LogP contribution is 2.08. The number of methoxy groups -OCH3 is 1. The lowest BCUT2D eigenvalue weighted by Gasteiger charge is -2.26. The topological polar surface area (TPSA) is 71.6 Å². The van der Waals surface area contributed by atoms with E-state index in [2.05, 4.69) is 15.0 Å². The zero-order chi connectivity index (χ0) is 12.9. The number of hydrogen-bond donors (Lipinski definition) is 1. The first-order valence-corrected chi connectivity index (χ1v) is 5.69. The highest BCUT2D eigenvalue weighted by molar-refractivity contribution is 4.86. The lowest BCUT2D eigenvalue weighted by molar-refractivity contribution is 0.0343. The Morgan fingerprint density at radius 3 is 2.71 bits per heavy atom. The van der Waals surface area contributed by atoms with Gasteiger partial charge in [-0.15, -0.1) is 0 Å². The summed E-state index contributed by atoms with van der Waals surface area (Å²) in [4.78, 5) is 6.25. The van der Waals surface area contributed by atoms with Gasteiger partial charge in [-0.05, 0) is 20.4 Å². The zero-order valence-electron chi connectivity index (χ0n) is 10.9. The van der Waals surface area contributed by atoms with Gasteiger partial charge in [0, 0.05) is 13.7 Å². The third-order valence-corrected chi connectivity index (χ3v) is 2.20. The van der Waals surface area contributed by atoms with E-state index >= 15 is 0 Å². The summed E-state index contributed by atoms with van der Waals surface area (Å²) in [6.07, 6.45) is 0. The summed E-state index contributed by atoms with van der Waals surface area (Å²) in [5, 5.41) is 13.6. The van der Waals surface area contributed by atoms with Gasteiger partial charge in [0.05, 0.1) is 12.1 Å². The maximum atomic E-state index is 9.76. The smallest absolute Gasteiger partial charge is 0.252 e. The molecule has 0 unspecified atom stereocenters. The maximum absolute atomic E-state index is 9.76. The van der Waals surface area contributed by atoms with Crippen LogP contribution in [0.5, 0.6) is 0 Å². The van der Waals surface area contributed by atoms with Crippen LogP contribution in [0.3, 0.4) is 0 Å². The quantitative estimate of drug-likeness (QED) is 0.764. The molecule has 1 heterocycles. The van der Waals surface area contributed by atoms with Crippen molar-refractivity contribution >= 4 is 0 Å². The van der Waals surface area contributed by atoms with Gasteiger partial charge in [-0.1, -0.05) is 12.1 Å². The highest BCUT2D eigenvalue weighted by atomic mass is 16.5. The molecule has 0 radical (unpaired) electrons. The van der Waals surface area contributed by atoms with Crippen LogP contribution < -0.4 is 0 Å². The van der Waals surface area contributed by atoms with Crippen molar-refractivity contribution in [2.45, 2.75) is 39.5 Å². The van der Waals surface area contributed by atoms with Gasteiger partial charge in [0.25, 0.3) is 5.89 Å². The lowest BCUT2D eigenvalue weighted by Crippen LogP contribution is -2.38. The van der Waals surface area contributed by atoms with Gasteiger partial charge in [-0.3, -0.25) is 4.90 Å². The third-order valence-electron chi connectivity index (χ3n) is 2.20. The Balaban J connectivity index is 2.54. The molecule has 0 saturated carbocycles. The van der Waals surface area contributed by atoms with Crippen LogP contribution in [0.1, 0.15) is 32.5 Å². The second-order valence-corrected chi connectivity index (χ2v) is 4.65. The van der Waals surface area contributed by atoms with E-state index in [1.54, 1.807) is 21.0 Å². The van der Waals surface area contributed by atoms with Crippen molar-refractivity contribution < 1.29 is 14.4 Å². The van der Waals surface area contributed by atoms with Gasteiger partial charge < -0.3 is 14.4 Å². The van der Waals surface area contributed by atoms with Crippen LogP contribution in [0.15, 0.2) is 4.52 Å². The van der Waals surface area contributed by atoms with Gasteiger partial charge in [0.15, 0.2) is 5.82 Å². The molecule has 0 fully saturated rings. The molecule has 6 heteroatoms. The first kappa shape index (κ1) is 14.1. The fourth-order valence-electron chi connectivity index (χ4n) is 1.56. The van der Waals surface area contributed by atoms with Crippen LogP contribution in [-0.2, 0) is 17.9 Å². The SMILES string of the molecule is CCN(Cc1noc(COC)n1)CC(C)(C)O. The minimum absolute atomic E-state index is 0.324. The molecule has 0 atom stereocenters. The van der Waals surface area contributed by atoms with Crippen LogP contribution in [0.2, 0.25) is 0 Å². The Hall–Kier alpha value is -0.980. The summed E-state index contributed by atoms with van der Waals surface area (Å²) in [5.74, 6) is 1.09. The Morgan fingerprint density at radius 2 is 2.18 bits per heavy atom. The molecule has 0 amide bonds. The summed E-state index contributed by atoms with van der Waals surface area (Å²) in [7, 11) is 1.58. The zero-order valence-corrected chi connectivity index (χ0v) is 10.9. The fraction of sp³-hybridized carbons (Fsp3) is 0.818. The van der Waals surface area contributed by atoms with E-state index in [0.29, 0.717) is 31.4 Å². The number of aromatic nitrogens is 2. The fourth-order valence-corrected chi connectivity index (χ4v) is 1.56. The van der Waals surface area contributed by atoms with E-state index in [1.807, 2.05) is 6.92 Å². The molecule has 1 N–H and O–H groups in total. The molecule has 0 spiro atoms. The van der Waals surface area contributed by atoms with Crippen molar-refractivity contribution in [2.75, 3.05) is 20.2 Å². The minimum Gasteiger partial charge on any atom is -0.389 e. The van der Waals surface area contributed by atoms with Crippen LogP contribution in [0.4, 0.5) is 0 Å².